The van der Waals surface area contributed by atoms with Gasteiger partial charge in [-0.05, 0) is 54.7 Å². The van der Waals surface area contributed by atoms with Crippen LogP contribution in [0.15, 0.2) is 114 Å². The van der Waals surface area contributed by atoms with E-state index in [0.29, 0.717) is 5.56 Å². The molecule has 3 aromatic rings. The number of para-hydroxylation sites is 1. The molecule has 2 unspecified atom stereocenters. The average Bonchev–Trinajstić information content (AvgIpc) is 3.66. The lowest BCUT2D eigenvalue weighted by atomic mass is 9.61. The minimum absolute atomic E-state index is 0.0469. The molecular formula is C34H27N3. The Balaban J connectivity index is 1.46. The van der Waals surface area contributed by atoms with Crippen molar-refractivity contribution in [3.8, 4) is 28.5 Å². The van der Waals surface area contributed by atoms with Crippen molar-refractivity contribution in [2.45, 2.75) is 38.6 Å². The normalized spacial score (nSPS) is 25.8. The summed E-state index contributed by atoms with van der Waals surface area (Å²) in [6, 6.07) is 23.2. The summed E-state index contributed by atoms with van der Waals surface area (Å²) in [4.78, 5) is 7.24. The number of hydrogen-bond acceptors (Lipinski definition) is 3. The van der Waals surface area contributed by atoms with Crippen molar-refractivity contribution in [3.63, 3.8) is 0 Å². The lowest BCUT2D eigenvalue weighted by molar-refractivity contribution is 0.184. The van der Waals surface area contributed by atoms with Gasteiger partial charge in [-0.25, -0.2) is 0 Å². The molecule has 0 bridgehead atoms. The summed E-state index contributed by atoms with van der Waals surface area (Å²) in [6.45, 7) is 4.85. The van der Waals surface area contributed by atoms with Crippen molar-refractivity contribution in [2.24, 2.45) is 10.8 Å². The van der Waals surface area contributed by atoms with Gasteiger partial charge in [0, 0.05) is 39.9 Å². The molecule has 1 aliphatic heterocycles. The van der Waals surface area contributed by atoms with E-state index in [4.69, 9.17) is 0 Å². The van der Waals surface area contributed by atoms with Crippen molar-refractivity contribution >= 4 is 5.69 Å². The van der Waals surface area contributed by atoms with Crippen LogP contribution < -0.4 is 4.90 Å². The second-order valence-electron chi connectivity index (χ2n) is 11.1. The highest BCUT2D eigenvalue weighted by molar-refractivity contribution is 5.91. The highest BCUT2D eigenvalue weighted by atomic mass is 15.3. The highest BCUT2D eigenvalue weighted by Gasteiger charge is 2.78. The summed E-state index contributed by atoms with van der Waals surface area (Å²) in [6.07, 6.45) is 14.3. The first-order valence-corrected chi connectivity index (χ1v) is 13.0. The second kappa shape index (κ2) is 7.58. The molecule has 2 atom stereocenters. The first-order valence-electron chi connectivity index (χ1n) is 13.0. The maximum Gasteiger partial charge on any atom is 0.101 e. The Bertz CT molecular complexity index is 1670. The number of hydrogen-bond donors (Lipinski definition) is 0. The first kappa shape index (κ1) is 21.9. The van der Waals surface area contributed by atoms with Crippen LogP contribution in [0.2, 0.25) is 0 Å². The summed E-state index contributed by atoms with van der Waals surface area (Å²) in [7, 11) is 0. The molecule has 4 aliphatic rings. The minimum atomic E-state index is -0.0469. The molecule has 0 radical (unpaired) electrons. The zero-order valence-electron chi connectivity index (χ0n) is 21.1. The zero-order chi connectivity index (χ0) is 25.3. The molecule has 1 fully saturated rings. The maximum absolute atomic E-state index is 9.25. The average molecular weight is 478 g/mol. The quantitative estimate of drug-likeness (QED) is 0.286. The summed E-state index contributed by atoms with van der Waals surface area (Å²) in [5.41, 5.74) is 15.3. The third-order valence-electron chi connectivity index (χ3n) is 9.23. The predicted octanol–water partition coefficient (Wildman–Crippen LogP) is 7.75. The number of nitriles is 1. The lowest BCUT2D eigenvalue weighted by Gasteiger charge is -2.52. The monoisotopic (exact) mass is 477 g/mol. The summed E-state index contributed by atoms with van der Waals surface area (Å²) < 4.78 is 0. The van der Waals surface area contributed by atoms with E-state index < -0.39 is 0 Å². The molecule has 3 nitrogen and oxygen atoms in total. The van der Waals surface area contributed by atoms with E-state index in [1.807, 2.05) is 12.1 Å². The molecule has 0 amide bonds. The van der Waals surface area contributed by atoms with Crippen LogP contribution in [-0.2, 0) is 0 Å². The van der Waals surface area contributed by atoms with Crippen LogP contribution >= 0.6 is 0 Å². The van der Waals surface area contributed by atoms with Crippen molar-refractivity contribution in [3.05, 3.63) is 119 Å². The van der Waals surface area contributed by atoms with Crippen LogP contribution in [0.1, 0.15) is 38.7 Å². The predicted molar refractivity (Wildman–Crippen MR) is 147 cm³/mol. The Labute approximate surface area is 218 Å². The van der Waals surface area contributed by atoms with Gasteiger partial charge >= 0.3 is 0 Å². The third-order valence-corrected chi connectivity index (χ3v) is 9.23. The molecular weight excluding hydrogens is 450 g/mol. The van der Waals surface area contributed by atoms with E-state index in [2.05, 4.69) is 114 Å². The molecule has 1 aromatic heterocycles. The highest BCUT2D eigenvalue weighted by Crippen LogP contribution is 2.78. The van der Waals surface area contributed by atoms with Crippen LogP contribution in [-0.4, -0.2) is 10.5 Å². The summed E-state index contributed by atoms with van der Waals surface area (Å²) in [5.74, 6) is 0. The SMILES string of the molecule is CC1(C)C2=C(C=C=C=C2)N(c2ccccc2-c2ccccc2-c2ccc(C#N)cn2)C23C=CCCC12C3. The van der Waals surface area contributed by atoms with Gasteiger partial charge in [0.25, 0.3) is 0 Å². The topological polar surface area (TPSA) is 39.9 Å². The summed E-state index contributed by atoms with van der Waals surface area (Å²) in [5, 5.41) is 9.25. The number of pyridine rings is 1. The van der Waals surface area contributed by atoms with E-state index in [-0.39, 0.29) is 16.4 Å². The van der Waals surface area contributed by atoms with Gasteiger partial charge < -0.3 is 4.90 Å². The molecule has 2 heterocycles. The number of nitrogens with zero attached hydrogens (tertiary/aromatic N) is 3. The van der Waals surface area contributed by atoms with Gasteiger partial charge in [0.2, 0.25) is 0 Å². The van der Waals surface area contributed by atoms with Crippen LogP contribution in [0.25, 0.3) is 22.4 Å². The smallest absolute Gasteiger partial charge is 0.101 e. The standard InChI is InChI=1S/C34H27N3/c1-32(2)28-14-6-8-16-31(28)37(34-20-10-9-19-33(32,34)23-34)30-15-7-5-13-27(30)25-11-3-4-12-26(25)29-18-17-24(21-35)22-36-29/h3-5,7,10-18,20,22H,9,19,23H2,1-2H3. The molecule has 1 saturated carbocycles. The van der Waals surface area contributed by atoms with Gasteiger partial charge in [0.1, 0.15) is 6.07 Å². The molecule has 3 aliphatic carbocycles. The first-order chi connectivity index (χ1) is 18.0. The Morgan fingerprint density at radius 3 is 2.46 bits per heavy atom. The van der Waals surface area contributed by atoms with Crippen molar-refractivity contribution < 1.29 is 0 Å². The Morgan fingerprint density at radius 1 is 0.919 bits per heavy atom. The fraction of sp³-hybridized carbons (Fsp3) is 0.235. The molecule has 0 spiro atoms. The largest absolute Gasteiger partial charge is 0.330 e. The fourth-order valence-corrected chi connectivity index (χ4v) is 7.33. The minimum Gasteiger partial charge on any atom is -0.330 e. The van der Waals surface area contributed by atoms with E-state index >= 15 is 0 Å². The molecule has 3 heteroatoms. The van der Waals surface area contributed by atoms with Crippen molar-refractivity contribution in [2.75, 3.05) is 4.90 Å². The third kappa shape index (κ3) is 2.80. The van der Waals surface area contributed by atoms with Crippen molar-refractivity contribution in [1.82, 2.24) is 4.98 Å². The Morgan fingerprint density at radius 2 is 1.68 bits per heavy atom. The maximum atomic E-state index is 9.25. The van der Waals surface area contributed by atoms with Gasteiger partial charge in [0.05, 0.1) is 22.5 Å². The molecule has 0 N–H and O–H groups in total. The lowest BCUT2D eigenvalue weighted by Crippen LogP contribution is -2.51. The number of benzene rings is 2. The van der Waals surface area contributed by atoms with Gasteiger partial charge in [-0.15, -0.1) is 0 Å². The van der Waals surface area contributed by atoms with Crippen LogP contribution in [0.4, 0.5) is 5.69 Å². The second-order valence-corrected chi connectivity index (χ2v) is 11.1. The van der Waals surface area contributed by atoms with E-state index in [1.54, 1.807) is 6.20 Å². The Hall–Kier alpha value is -4.34. The molecule has 178 valence electrons. The number of rotatable bonds is 3. The van der Waals surface area contributed by atoms with Crippen LogP contribution in [0.5, 0.6) is 0 Å². The van der Waals surface area contributed by atoms with Crippen LogP contribution in [0, 0.1) is 22.2 Å². The number of allylic oxidation sites excluding steroid dienone is 4. The van der Waals surface area contributed by atoms with E-state index in [9.17, 15) is 5.26 Å². The molecule has 37 heavy (non-hydrogen) atoms. The molecule has 2 aromatic carbocycles. The number of anilines is 1. The Kier molecular flexibility index (Phi) is 4.49. The van der Waals surface area contributed by atoms with Gasteiger partial charge in [-0.1, -0.05) is 79.9 Å². The fourth-order valence-electron chi connectivity index (χ4n) is 7.33. The van der Waals surface area contributed by atoms with Crippen LogP contribution in [0.3, 0.4) is 0 Å². The number of aromatic nitrogens is 1. The van der Waals surface area contributed by atoms with Gasteiger partial charge in [-0.2, -0.15) is 5.26 Å². The van der Waals surface area contributed by atoms with Gasteiger partial charge in [-0.3, -0.25) is 4.98 Å². The summed E-state index contributed by atoms with van der Waals surface area (Å²) >= 11 is 0. The van der Waals surface area contributed by atoms with E-state index in [1.165, 1.54) is 28.9 Å². The van der Waals surface area contributed by atoms with Gasteiger partial charge in [0.15, 0.2) is 0 Å². The van der Waals surface area contributed by atoms with Crippen molar-refractivity contribution in [1.29, 1.82) is 5.26 Å². The zero-order valence-corrected chi connectivity index (χ0v) is 21.1. The van der Waals surface area contributed by atoms with E-state index in [0.717, 1.165) is 29.7 Å². The molecule has 0 saturated heterocycles. The molecule has 7 rings (SSSR count).